The predicted octanol–water partition coefficient (Wildman–Crippen LogP) is 10.3. The average molecular weight is 487 g/mol. The van der Waals surface area contributed by atoms with Crippen molar-refractivity contribution < 1.29 is 1.37 Å². The Labute approximate surface area is 224 Å². The van der Waals surface area contributed by atoms with Gasteiger partial charge < -0.3 is 4.90 Å². The second-order valence-electron chi connectivity index (χ2n) is 12.3. The molecule has 0 aliphatic heterocycles. The molecule has 0 heterocycles. The van der Waals surface area contributed by atoms with E-state index in [-0.39, 0.29) is 11.0 Å². The third-order valence-corrected chi connectivity index (χ3v) is 8.43. The van der Waals surface area contributed by atoms with Crippen LogP contribution in [0.3, 0.4) is 0 Å². The van der Waals surface area contributed by atoms with E-state index in [0.717, 1.165) is 25.7 Å². The van der Waals surface area contributed by atoms with E-state index in [0.29, 0.717) is 0 Å². The maximum Gasteiger partial charge on any atom is 0.0457 e. The molecule has 0 aromatic heterocycles. The molecule has 0 saturated heterocycles. The van der Waals surface area contributed by atoms with E-state index in [2.05, 4.69) is 131 Å². The lowest BCUT2D eigenvalue weighted by Gasteiger charge is -2.40. The first-order valence-electron chi connectivity index (χ1n) is 14.3. The summed E-state index contributed by atoms with van der Waals surface area (Å²) in [6.45, 7) is 11.6. The maximum atomic E-state index is 9.70. The SMILES string of the molecule is [2H]C1(c2cc3c(cc2N(c2ccc(-c4ccccc4)cc2)C(C)(C)C)-c2ccccc2C3(C)C)CCCC1. The van der Waals surface area contributed by atoms with Gasteiger partial charge in [0.05, 0.1) is 0 Å². The van der Waals surface area contributed by atoms with Crippen molar-refractivity contribution in [3.63, 3.8) is 0 Å². The molecule has 0 bridgehead atoms. The van der Waals surface area contributed by atoms with Crippen LogP contribution in [0.1, 0.15) is 84.3 Å². The number of anilines is 2. The smallest absolute Gasteiger partial charge is 0.0457 e. The lowest BCUT2D eigenvalue weighted by atomic mass is 9.80. The third-order valence-electron chi connectivity index (χ3n) is 8.43. The summed E-state index contributed by atoms with van der Waals surface area (Å²) in [4.78, 5) is 2.49. The van der Waals surface area contributed by atoms with Crippen LogP contribution in [0.25, 0.3) is 22.3 Å². The van der Waals surface area contributed by atoms with E-state index in [1.807, 2.05) is 0 Å². The fourth-order valence-electron chi connectivity index (χ4n) is 6.60. The summed E-state index contributed by atoms with van der Waals surface area (Å²) in [6, 6.07) is 33.3. The van der Waals surface area contributed by atoms with Crippen molar-refractivity contribution in [3.8, 4) is 22.3 Å². The van der Waals surface area contributed by atoms with Gasteiger partial charge in [-0.25, -0.2) is 0 Å². The molecule has 1 heteroatoms. The van der Waals surface area contributed by atoms with E-state index in [4.69, 9.17) is 0 Å². The zero-order valence-corrected chi connectivity index (χ0v) is 22.9. The number of hydrogen-bond acceptors (Lipinski definition) is 1. The minimum atomic E-state index is -0.553. The van der Waals surface area contributed by atoms with Gasteiger partial charge in [0.1, 0.15) is 0 Å². The Bertz CT molecular complexity index is 1470. The van der Waals surface area contributed by atoms with Crippen LogP contribution in [-0.2, 0) is 5.41 Å². The Balaban J connectivity index is 1.57. The Kier molecular flexibility index (Phi) is 5.50. The highest BCUT2D eigenvalue weighted by Gasteiger charge is 2.38. The summed E-state index contributed by atoms with van der Waals surface area (Å²) in [5, 5.41) is 0. The van der Waals surface area contributed by atoms with Gasteiger partial charge in [0.15, 0.2) is 0 Å². The fourth-order valence-corrected chi connectivity index (χ4v) is 6.60. The topological polar surface area (TPSA) is 3.24 Å². The molecule has 1 fully saturated rings. The van der Waals surface area contributed by atoms with Crippen LogP contribution in [0.5, 0.6) is 0 Å². The summed E-state index contributed by atoms with van der Waals surface area (Å²) in [5.41, 5.74) is 11.2. The molecule has 2 aliphatic carbocycles. The molecule has 0 radical (unpaired) electrons. The van der Waals surface area contributed by atoms with Crippen LogP contribution in [0.15, 0.2) is 91.0 Å². The molecule has 4 aromatic rings. The molecule has 0 spiro atoms. The Morgan fingerprint density at radius 1 is 0.730 bits per heavy atom. The minimum absolute atomic E-state index is 0.0714. The summed E-state index contributed by atoms with van der Waals surface area (Å²) >= 11 is 0. The number of rotatable bonds is 4. The van der Waals surface area contributed by atoms with E-state index in [1.165, 1.54) is 50.3 Å². The summed E-state index contributed by atoms with van der Waals surface area (Å²) in [7, 11) is 0. The lowest BCUT2D eigenvalue weighted by molar-refractivity contribution is 0.555. The second kappa shape index (κ2) is 8.91. The van der Waals surface area contributed by atoms with Crippen molar-refractivity contribution >= 4 is 11.4 Å². The van der Waals surface area contributed by atoms with Crippen LogP contribution in [-0.4, -0.2) is 5.54 Å². The Morgan fingerprint density at radius 3 is 2.03 bits per heavy atom. The molecule has 2 aliphatic rings. The highest BCUT2D eigenvalue weighted by Crippen LogP contribution is 2.53. The van der Waals surface area contributed by atoms with Crippen LogP contribution >= 0.6 is 0 Å². The van der Waals surface area contributed by atoms with Gasteiger partial charge in [-0.05, 0) is 96.7 Å². The Hall–Kier alpha value is -3.32. The van der Waals surface area contributed by atoms with Gasteiger partial charge in [-0.2, -0.15) is 0 Å². The molecule has 4 aromatic carbocycles. The second-order valence-corrected chi connectivity index (χ2v) is 12.3. The van der Waals surface area contributed by atoms with Gasteiger partial charge in [0.2, 0.25) is 0 Å². The molecule has 1 saturated carbocycles. The van der Waals surface area contributed by atoms with Gasteiger partial charge in [-0.3, -0.25) is 0 Å². The summed E-state index contributed by atoms with van der Waals surface area (Å²) in [6.07, 6.45) is 4.12. The molecule has 1 nitrogen and oxygen atoms in total. The van der Waals surface area contributed by atoms with E-state index in [1.54, 1.807) is 0 Å². The molecule has 0 unspecified atom stereocenters. The molecule has 188 valence electrons. The number of hydrogen-bond donors (Lipinski definition) is 0. The quantitative estimate of drug-likeness (QED) is 0.277. The molecular weight excluding hydrogens is 446 g/mol. The predicted molar refractivity (Wildman–Crippen MR) is 159 cm³/mol. The normalized spacial score (nSPS) is 17.7. The van der Waals surface area contributed by atoms with Gasteiger partial charge in [-0.15, -0.1) is 0 Å². The minimum Gasteiger partial charge on any atom is -0.336 e. The van der Waals surface area contributed by atoms with E-state index >= 15 is 0 Å². The molecule has 37 heavy (non-hydrogen) atoms. The van der Waals surface area contributed by atoms with E-state index in [9.17, 15) is 1.37 Å². The van der Waals surface area contributed by atoms with Crippen molar-refractivity contribution in [2.75, 3.05) is 4.90 Å². The lowest BCUT2D eigenvalue weighted by Crippen LogP contribution is -2.38. The molecule has 6 rings (SSSR count). The van der Waals surface area contributed by atoms with Crippen molar-refractivity contribution in [1.29, 1.82) is 0 Å². The van der Waals surface area contributed by atoms with Gasteiger partial charge in [-0.1, -0.05) is 99.5 Å². The Morgan fingerprint density at radius 2 is 1.35 bits per heavy atom. The zero-order chi connectivity index (χ0) is 26.7. The summed E-state index contributed by atoms with van der Waals surface area (Å²) < 4.78 is 9.70. The number of nitrogens with zero attached hydrogens (tertiary/aromatic N) is 1. The fraction of sp³-hybridized carbons (Fsp3) is 0.333. The van der Waals surface area contributed by atoms with Crippen LogP contribution < -0.4 is 4.90 Å². The van der Waals surface area contributed by atoms with Crippen LogP contribution in [0, 0.1) is 0 Å². The van der Waals surface area contributed by atoms with Crippen molar-refractivity contribution in [1.82, 2.24) is 0 Å². The highest BCUT2D eigenvalue weighted by atomic mass is 15.2. The summed E-state index contributed by atoms with van der Waals surface area (Å²) in [5.74, 6) is -0.553. The van der Waals surface area contributed by atoms with Crippen molar-refractivity contribution in [3.05, 3.63) is 108 Å². The monoisotopic (exact) mass is 486 g/mol. The van der Waals surface area contributed by atoms with Crippen LogP contribution in [0.4, 0.5) is 11.4 Å². The van der Waals surface area contributed by atoms with Gasteiger partial charge in [0, 0.05) is 23.7 Å². The van der Waals surface area contributed by atoms with Crippen LogP contribution in [0.2, 0.25) is 0 Å². The molecule has 0 atom stereocenters. The van der Waals surface area contributed by atoms with Crippen molar-refractivity contribution in [2.45, 2.75) is 77.1 Å². The maximum absolute atomic E-state index is 9.70. The molecular formula is C36H39N. The van der Waals surface area contributed by atoms with Crippen molar-refractivity contribution in [2.24, 2.45) is 0 Å². The van der Waals surface area contributed by atoms with Gasteiger partial charge in [0.25, 0.3) is 0 Å². The first-order chi connectivity index (χ1) is 18.1. The first-order valence-corrected chi connectivity index (χ1v) is 13.8. The first kappa shape index (κ1) is 22.8. The standard InChI is InChI=1S/C36H39N/c1-35(2,3)37(28-21-19-26(20-22-28)25-13-7-6-8-14-25)34-24-31-29-17-11-12-18-32(29)36(4,5)33(31)23-30(34)27-15-9-10-16-27/h6-8,11-14,17-24,27H,9-10,15-16H2,1-5H3/i27D. The average Bonchev–Trinajstić information content (AvgIpc) is 3.44. The largest absolute Gasteiger partial charge is 0.336 e. The molecule has 0 amide bonds. The number of fused-ring (bicyclic) bond motifs is 3. The number of benzene rings is 4. The highest BCUT2D eigenvalue weighted by molar-refractivity contribution is 5.86. The van der Waals surface area contributed by atoms with Gasteiger partial charge >= 0.3 is 0 Å². The third kappa shape index (κ3) is 4.09. The zero-order valence-electron chi connectivity index (χ0n) is 23.9. The molecule has 0 N–H and O–H groups in total. The van der Waals surface area contributed by atoms with E-state index < -0.39 is 5.89 Å².